The number of rotatable bonds is 3. The van der Waals surface area contributed by atoms with Gasteiger partial charge in [0.05, 0.1) is 16.1 Å². The number of nitrogens with one attached hydrogen (secondary N) is 1. The van der Waals surface area contributed by atoms with Gasteiger partial charge in [-0.05, 0) is 43.9 Å². The lowest BCUT2D eigenvalue weighted by Gasteiger charge is -2.08. The van der Waals surface area contributed by atoms with E-state index in [1.54, 1.807) is 0 Å². The fourth-order valence-electron chi connectivity index (χ4n) is 2.74. The van der Waals surface area contributed by atoms with Gasteiger partial charge in [-0.3, -0.25) is 9.59 Å². The normalized spacial score (nSPS) is 21.6. The second-order valence-corrected chi connectivity index (χ2v) is 6.56. The maximum atomic E-state index is 12.2. The van der Waals surface area contributed by atoms with Crippen LogP contribution in [-0.2, 0) is 9.59 Å². The first kappa shape index (κ1) is 14.0. The topological polar surface area (TPSA) is 79.3 Å². The van der Waals surface area contributed by atoms with Gasteiger partial charge < -0.3 is 10.4 Å². The Bertz CT molecular complexity index is 710. The SMILES string of the molecule is Cc1ccc2nc(NC(=O)C3CCC(C(=O)O)C3)sc2c1. The third-order valence-corrected chi connectivity index (χ3v) is 4.86. The average Bonchev–Trinajstić information content (AvgIpc) is 3.03. The Hall–Kier alpha value is -1.95. The molecule has 3 rings (SSSR count). The highest BCUT2D eigenvalue weighted by molar-refractivity contribution is 7.22. The predicted octanol–water partition coefficient (Wildman–Crippen LogP) is 3.04. The third kappa shape index (κ3) is 2.90. The number of hydrogen-bond donors (Lipinski definition) is 2. The molecule has 5 nitrogen and oxygen atoms in total. The molecular weight excluding hydrogens is 288 g/mol. The average molecular weight is 304 g/mol. The van der Waals surface area contributed by atoms with Crippen LogP contribution in [0.15, 0.2) is 18.2 Å². The van der Waals surface area contributed by atoms with E-state index in [2.05, 4.69) is 10.3 Å². The standard InChI is InChI=1S/C15H16N2O3S/c1-8-2-5-11-12(6-8)21-15(16-11)17-13(18)9-3-4-10(7-9)14(19)20/h2,5-6,9-10H,3-4,7H2,1H3,(H,19,20)(H,16,17,18). The Morgan fingerprint density at radius 2 is 2.10 bits per heavy atom. The van der Waals surface area contributed by atoms with Crippen LogP contribution in [0.25, 0.3) is 10.2 Å². The van der Waals surface area contributed by atoms with Crippen LogP contribution in [0.1, 0.15) is 24.8 Å². The molecule has 1 aliphatic rings. The van der Waals surface area contributed by atoms with E-state index in [9.17, 15) is 9.59 Å². The summed E-state index contributed by atoms with van der Waals surface area (Å²) < 4.78 is 1.04. The zero-order valence-corrected chi connectivity index (χ0v) is 12.4. The number of thiazole rings is 1. The Labute approximate surface area is 126 Å². The molecule has 2 atom stereocenters. The molecule has 6 heteroatoms. The van der Waals surface area contributed by atoms with Gasteiger partial charge in [-0.25, -0.2) is 4.98 Å². The van der Waals surface area contributed by atoms with Crippen LogP contribution >= 0.6 is 11.3 Å². The Balaban J connectivity index is 1.70. The maximum absolute atomic E-state index is 12.2. The van der Waals surface area contributed by atoms with E-state index in [0.29, 0.717) is 24.4 Å². The molecule has 0 saturated heterocycles. The number of anilines is 1. The van der Waals surface area contributed by atoms with Crippen LogP contribution in [0.2, 0.25) is 0 Å². The zero-order chi connectivity index (χ0) is 15.0. The van der Waals surface area contributed by atoms with Gasteiger partial charge in [0, 0.05) is 5.92 Å². The highest BCUT2D eigenvalue weighted by Gasteiger charge is 2.34. The predicted molar refractivity (Wildman–Crippen MR) is 81.5 cm³/mol. The lowest BCUT2D eigenvalue weighted by atomic mass is 10.0. The number of aliphatic carboxylic acids is 1. The second kappa shape index (κ2) is 5.44. The van der Waals surface area contributed by atoms with E-state index in [-0.39, 0.29) is 11.8 Å². The third-order valence-electron chi connectivity index (χ3n) is 3.93. The minimum atomic E-state index is -0.805. The monoisotopic (exact) mass is 304 g/mol. The van der Waals surface area contributed by atoms with Crippen molar-refractivity contribution in [2.24, 2.45) is 11.8 Å². The maximum Gasteiger partial charge on any atom is 0.306 e. The highest BCUT2D eigenvalue weighted by atomic mass is 32.1. The molecule has 2 N–H and O–H groups in total. The second-order valence-electron chi connectivity index (χ2n) is 5.52. The van der Waals surface area contributed by atoms with Crippen LogP contribution in [-0.4, -0.2) is 22.0 Å². The number of carboxylic acid groups (broad SMARTS) is 1. The summed E-state index contributed by atoms with van der Waals surface area (Å²) in [5.74, 6) is -1.53. The van der Waals surface area contributed by atoms with Crippen LogP contribution < -0.4 is 5.32 Å². The van der Waals surface area contributed by atoms with Crippen molar-refractivity contribution in [3.05, 3.63) is 23.8 Å². The van der Waals surface area contributed by atoms with Crippen molar-refractivity contribution in [2.45, 2.75) is 26.2 Å². The van der Waals surface area contributed by atoms with E-state index in [4.69, 9.17) is 5.11 Å². The molecule has 1 heterocycles. The van der Waals surface area contributed by atoms with E-state index >= 15 is 0 Å². The van der Waals surface area contributed by atoms with E-state index in [1.165, 1.54) is 11.3 Å². The van der Waals surface area contributed by atoms with Gasteiger partial charge in [-0.2, -0.15) is 0 Å². The Morgan fingerprint density at radius 1 is 1.33 bits per heavy atom. The Kier molecular flexibility index (Phi) is 3.63. The van der Waals surface area contributed by atoms with E-state index in [0.717, 1.165) is 15.8 Å². The van der Waals surface area contributed by atoms with Gasteiger partial charge in [-0.1, -0.05) is 17.4 Å². The fourth-order valence-corrected chi connectivity index (χ4v) is 3.70. The molecule has 1 aliphatic carbocycles. The lowest BCUT2D eigenvalue weighted by molar-refractivity contribution is -0.141. The van der Waals surface area contributed by atoms with Crippen molar-refractivity contribution >= 4 is 38.6 Å². The molecule has 0 bridgehead atoms. The largest absolute Gasteiger partial charge is 0.481 e. The molecule has 1 amide bonds. The number of hydrogen-bond acceptors (Lipinski definition) is 4. The number of aryl methyl sites for hydroxylation is 1. The van der Waals surface area contributed by atoms with Crippen molar-refractivity contribution < 1.29 is 14.7 Å². The first-order valence-electron chi connectivity index (χ1n) is 6.94. The molecule has 2 aromatic rings. The molecule has 0 aliphatic heterocycles. The lowest BCUT2D eigenvalue weighted by Crippen LogP contribution is -2.21. The zero-order valence-electron chi connectivity index (χ0n) is 11.6. The summed E-state index contributed by atoms with van der Waals surface area (Å²) in [6.45, 7) is 2.02. The van der Waals surface area contributed by atoms with Gasteiger partial charge in [0.25, 0.3) is 0 Å². The molecular formula is C15H16N2O3S. The molecule has 1 saturated carbocycles. The number of nitrogens with zero attached hydrogens (tertiary/aromatic N) is 1. The van der Waals surface area contributed by atoms with Gasteiger partial charge in [-0.15, -0.1) is 0 Å². The van der Waals surface area contributed by atoms with Gasteiger partial charge in [0.1, 0.15) is 0 Å². The number of carbonyl (C=O) groups excluding carboxylic acids is 1. The van der Waals surface area contributed by atoms with Crippen LogP contribution in [0.3, 0.4) is 0 Å². The number of benzene rings is 1. The number of aromatic nitrogens is 1. The molecule has 0 spiro atoms. The summed E-state index contributed by atoms with van der Waals surface area (Å²) in [7, 11) is 0. The highest BCUT2D eigenvalue weighted by Crippen LogP contribution is 2.33. The summed E-state index contributed by atoms with van der Waals surface area (Å²) in [5, 5.41) is 12.4. The summed E-state index contributed by atoms with van der Waals surface area (Å²) in [6.07, 6.45) is 1.63. The number of carbonyl (C=O) groups is 2. The number of fused-ring (bicyclic) bond motifs is 1. The van der Waals surface area contributed by atoms with Crippen molar-refractivity contribution in [1.29, 1.82) is 0 Å². The minimum Gasteiger partial charge on any atom is -0.481 e. The minimum absolute atomic E-state index is 0.116. The van der Waals surface area contributed by atoms with Crippen molar-refractivity contribution in [3.63, 3.8) is 0 Å². The van der Waals surface area contributed by atoms with Crippen LogP contribution in [0.4, 0.5) is 5.13 Å². The summed E-state index contributed by atoms with van der Waals surface area (Å²) in [4.78, 5) is 27.5. The molecule has 110 valence electrons. The summed E-state index contributed by atoms with van der Waals surface area (Å²) >= 11 is 1.45. The van der Waals surface area contributed by atoms with Crippen molar-refractivity contribution in [2.75, 3.05) is 5.32 Å². The van der Waals surface area contributed by atoms with Crippen molar-refractivity contribution in [1.82, 2.24) is 4.98 Å². The van der Waals surface area contributed by atoms with Crippen molar-refractivity contribution in [3.8, 4) is 0 Å². The number of amides is 1. The van der Waals surface area contributed by atoms with Gasteiger partial charge in [0.15, 0.2) is 5.13 Å². The quantitative estimate of drug-likeness (QED) is 0.913. The first-order valence-corrected chi connectivity index (χ1v) is 7.75. The van der Waals surface area contributed by atoms with Crippen LogP contribution in [0.5, 0.6) is 0 Å². The number of carboxylic acids is 1. The molecule has 2 unspecified atom stereocenters. The van der Waals surface area contributed by atoms with Gasteiger partial charge >= 0.3 is 5.97 Å². The summed E-state index contributed by atoms with van der Waals surface area (Å²) in [5.41, 5.74) is 2.03. The van der Waals surface area contributed by atoms with Crippen LogP contribution in [0, 0.1) is 18.8 Å². The van der Waals surface area contributed by atoms with E-state index < -0.39 is 11.9 Å². The molecule has 0 radical (unpaired) electrons. The smallest absolute Gasteiger partial charge is 0.306 e. The molecule has 1 aromatic heterocycles. The molecule has 1 aromatic carbocycles. The molecule has 21 heavy (non-hydrogen) atoms. The van der Waals surface area contributed by atoms with Gasteiger partial charge in [0.2, 0.25) is 5.91 Å². The fraction of sp³-hybridized carbons (Fsp3) is 0.400. The first-order chi connectivity index (χ1) is 10.0. The Morgan fingerprint density at radius 3 is 2.81 bits per heavy atom. The molecule has 1 fully saturated rings. The van der Waals surface area contributed by atoms with E-state index in [1.807, 2.05) is 25.1 Å². The summed E-state index contributed by atoms with van der Waals surface area (Å²) in [6, 6.07) is 5.97.